The molecule has 27 heavy (non-hydrogen) atoms. The first-order chi connectivity index (χ1) is 12.2. The Balaban J connectivity index is 2.21. The van der Waals surface area contributed by atoms with Crippen LogP contribution in [-0.2, 0) is 6.18 Å². The van der Waals surface area contributed by atoms with Gasteiger partial charge in [0.25, 0.3) is 0 Å². The van der Waals surface area contributed by atoms with E-state index in [0.717, 1.165) is 11.3 Å². The van der Waals surface area contributed by atoms with Crippen LogP contribution < -0.4 is 9.74 Å². The molecule has 1 aromatic heterocycles. The third-order valence-corrected chi connectivity index (χ3v) is 9.32. The lowest BCUT2D eigenvalue weighted by atomic mass is 10.2. The lowest BCUT2D eigenvalue weighted by Gasteiger charge is -2.36. The summed E-state index contributed by atoms with van der Waals surface area (Å²) in [7, 11) is -1.96. The Morgan fingerprint density at radius 1 is 1.15 bits per heavy atom. The van der Waals surface area contributed by atoms with Crippen molar-refractivity contribution in [3.05, 3.63) is 40.7 Å². The highest BCUT2D eigenvalue weighted by Gasteiger charge is 2.39. The fourth-order valence-electron chi connectivity index (χ4n) is 2.02. The van der Waals surface area contributed by atoms with Crippen LogP contribution in [0.15, 0.2) is 24.4 Å². The van der Waals surface area contributed by atoms with Crippen molar-refractivity contribution in [2.75, 3.05) is 5.32 Å². The van der Waals surface area contributed by atoms with Gasteiger partial charge in [-0.1, -0.05) is 32.4 Å². The topological polar surface area (TPSA) is 47.0 Å². The monoisotopic (exact) mass is 417 g/mol. The summed E-state index contributed by atoms with van der Waals surface area (Å²) < 4.78 is 44.5. The number of nitrogens with one attached hydrogen (secondary N) is 1. The maximum Gasteiger partial charge on any atom is 0.420 e. The molecule has 1 heterocycles. The largest absolute Gasteiger partial charge is 0.543 e. The summed E-state index contributed by atoms with van der Waals surface area (Å²) >= 11 is 5.63. The molecule has 1 N–H and O–H groups in total. The zero-order valence-corrected chi connectivity index (χ0v) is 17.9. The van der Waals surface area contributed by atoms with Crippen molar-refractivity contribution in [2.45, 2.75) is 52.0 Å². The van der Waals surface area contributed by atoms with Gasteiger partial charge >= 0.3 is 6.18 Å². The Bertz CT molecular complexity index is 836. The molecule has 2 aromatic rings. The number of hydrogen-bond acceptors (Lipinski definition) is 4. The maximum atomic E-state index is 12.7. The fraction of sp³-hybridized carbons (Fsp3) is 0.444. The molecule has 0 atom stereocenters. The molecule has 148 valence electrons. The van der Waals surface area contributed by atoms with E-state index in [1.165, 1.54) is 0 Å². The first-order valence-corrected chi connectivity index (χ1v) is 11.7. The van der Waals surface area contributed by atoms with Crippen LogP contribution in [0.25, 0.3) is 0 Å². The van der Waals surface area contributed by atoms with Crippen molar-refractivity contribution in [3.8, 4) is 5.75 Å². The van der Waals surface area contributed by atoms with Crippen LogP contribution in [-0.4, -0.2) is 18.3 Å². The molecule has 0 aliphatic carbocycles. The number of halogens is 4. The quantitative estimate of drug-likeness (QED) is 0.450. The molecular weight excluding hydrogens is 395 g/mol. The van der Waals surface area contributed by atoms with Crippen molar-refractivity contribution >= 4 is 31.6 Å². The van der Waals surface area contributed by atoms with Crippen molar-refractivity contribution in [2.24, 2.45) is 0 Å². The van der Waals surface area contributed by atoms with Gasteiger partial charge in [-0.3, -0.25) is 0 Å². The van der Waals surface area contributed by atoms with E-state index in [4.69, 9.17) is 16.0 Å². The number of nitrogens with zero attached hydrogens (tertiary/aromatic N) is 2. The lowest BCUT2D eigenvalue weighted by Crippen LogP contribution is -2.43. The van der Waals surface area contributed by atoms with Gasteiger partial charge < -0.3 is 9.74 Å². The van der Waals surface area contributed by atoms with Crippen LogP contribution in [0.2, 0.25) is 23.3 Å². The summed E-state index contributed by atoms with van der Waals surface area (Å²) in [6.07, 6.45) is -3.92. The summed E-state index contributed by atoms with van der Waals surface area (Å²) in [5.41, 5.74) is 0.448. The SMILES string of the molecule is Cc1cc(O[Si](C)(C)C(C)(C)C)ccc1Nc1ncc(C(F)(F)F)c(Cl)n1. The Kier molecular flexibility index (Phi) is 5.82. The van der Waals surface area contributed by atoms with Gasteiger partial charge in [0.15, 0.2) is 0 Å². The Hall–Kier alpha value is -1.80. The second-order valence-electron chi connectivity index (χ2n) is 7.86. The first kappa shape index (κ1) is 21.5. The summed E-state index contributed by atoms with van der Waals surface area (Å²) in [6, 6.07) is 5.49. The molecule has 1 aromatic carbocycles. The molecule has 9 heteroatoms. The molecule has 0 spiro atoms. The normalized spacial score (nSPS) is 12.8. The maximum absolute atomic E-state index is 12.7. The van der Waals surface area contributed by atoms with E-state index in [1.54, 1.807) is 6.07 Å². The molecule has 0 saturated carbocycles. The van der Waals surface area contributed by atoms with Gasteiger partial charge in [-0.25, -0.2) is 9.97 Å². The molecule has 2 rings (SSSR count). The summed E-state index contributed by atoms with van der Waals surface area (Å²) in [5.74, 6) is 0.755. The van der Waals surface area contributed by atoms with Crippen LogP contribution in [0.4, 0.5) is 24.8 Å². The van der Waals surface area contributed by atoms with Crippen molar-refractivity contribution in [1.82, 2.24) is 9.97 Å². The minimum atomic E-state index is -4.59. The average molecular weight is 418 g/mol. The van der Waals surface area contributed by atoms with Gasteiger partial charge in [-0.05, 0) is 48.8 Å². The zero-order chi connectivity index (χ0) is 20.6. The number of anilines is 2. The van der Waals surface area contributed by atoms with Crippen LogP contribution in [0.5, 0.6) is 5.75 Å². The number of hydrogen-bond donors (Lipinski definition) is 1. The second-order valence-corrected chi connectivity index (χ2v) is 12.9. The molecule has 0 bridgehead atoms. The van der Waals surface area contributed by atoms with Crippen molar-refractivity contribution in [3.63, 3.8) is 0 Å². The average Bonchev–Trinajstić information content (AvgIpc) is 2.47. The van der Waals surface area contributed by atoms with E-state index in [9.17, 15) is 13.2 Å². The van der Waals surface area contributed by atoms with Gasteiger partial charge in [-0.2, -0.15) is 13.2 Å². The standard InChI is InChI=1S/C18H23ClF3N3OSi/c1-11-9-12(26-27(5,6)17(2,3)4)7-8-14(11)24-16-23-10-13(15(19)25-16)18(20,21)22/h7-10H,1-6H3,(H,23,24,25). The summed E-state index contributed by atoms with van der Waals surface area (Å²) in [4.78, 5) is 7.39. The van der Waals surface area contributed by atoms with E-state index >= 15 is 0 Å². The Morgan fingerprint density at radius 3 is 2.26 bits per heavy atom. The molecule has 0 unspecified atom stereocenters. The van der Waals surface area contributed by atoms with Crippen molar-refractivity contribution in [1.29, 1.82) is 0 Å². The molecular formula is C18H23ClF3N3OSi. The van der Waals surface area contributed by atoms with Gasteiger partial charge in [0, 0.05) is 11.9 Å². The highest BCUT2D eigenvalue weighted by molar-refractivity contribution is 6.74. The van der Waals surface area contributed by atoms with Crippen LogP contribution in [0, 0.1) is 6.92 Å². The fourth-order valence-corrected chi connectivity index (χ4v) is 3.28. The van der Waals surface area contributed by atoms with E-state index < -0.39 is 25.2 Å². The molecule has 4 nitrogen and oxygen atoms in total. The number of alkyl halides is 3. The number of aromatic nitrogens is 2. The zero-order valence-electron chi connectivity index (χ0n) is 16.1. The molecule has 0 radical (unpaired) electrons. The Morgan fingerprint density at radius 2 is 1.78 bits per heavy atom. The highest BCUT2D eigenvalue weighted by atomic mass is 35.5. The van der Waals surface area contributed by atoms with E-state index in [1.807, 2.05) is 19.1 Å². The third kappa shape index (κ3) is 5.13. The third-order valence-electron chi connectivity index (χ3n) is 4.67. The van der Waals surface area contributed by atoms with Gasteiger partial charge in [0.1, 0.15) is 16.5 Å². The van der Waals surface area contributed by atoms with Gasteiger partial charge in [0.05, 0.1) is 0 Å². The van der Waals surface area contributed by atoms with E-state index in [0.29, 0.717) is 11.9 Å². The number of rotatable bonds is 4. The second kappa shape index (κ2) is 7.31. The highest BCUT2D eigenvalue weighted by Crippen LogP contribution is 2.38. The molecule has 0 fully saturated rings. The first-order valence-electron chi connectivity index (χ1n) is 8.37. The molecule has 0 amide bonds. The summed E-state index contributed by atoms with van der Waals surface area (Å²) in [6.45, 7) is 12.7. The van der Waals surface area contributed by atoms with Crippen LogP contribution in [0.3, 0.4) is 0 Å². The minimum absolute atomic E-state index is 0.00540. The van der Waals surface area contributed by atoms with Gasteiger partial charge in [0.2, 0.25) is 14.3 Å². The Labute approximate surface area is 163 Å². The van der Waals surface area contributed by atoms with Crippen LogP contribution >= 0.6 is 11.6 Å². The smallest absolute Gasteiger partial charge is 0.420 e. The van der Waals surface area contributed by atoms with Crippen molar-refractivity contribution < 1.29 is 17.6 Å². The molecule has 0 aliphatic rings. The van der Waals surface area contributed by atoms with E-state index in [2.05, 4.69) is 49.1 Å². The van der Waals surface area contributed by atoms with Crippen LogP contribution in [0.1, 0.15) is 31.9 Å². The lowest BCUT2D eigenvalue weighted by molar-refractivity contribution is -0.137. The van der Waals surface area contributed by atoms with Gasteiger partial charge in [-0.15, -0.1) is 0 Å². The molecule has 0 saturated heterocycles. The predicted octanol–water partition coefficient (Wildman–Crippen LogP) is 6.58. The summed E-state index contributed by atoms with van der Waals surface area (Å²) in [5, 5.41) is 2.32. The van der Waals surface area contributed by atoms with E-state index in [-0.39, 0.29) is 11.0 Å². The predicted molar refractivity (Wildman–Crippen MR) is 104 cm³/mol. The minimum Gasteiger partial charge on any atom is -0.543 e. The number of benzene rings is 1. The number of aryl methyl sites for hydroxylation is 1. The molecule has 0 aliphatic heterocycles.